The smallest absolute Gasteiger partial charge is 0.336 e. The van der Waals surface area contributed by atoms with E-state index in [2.05, 4.69) is 9.97 Å². The molecule has 2 heterocycles. The highest BCUT2D eigenvalue weighted by Gasteiger charge is 2.27. The Labute approximate surface area is 145 Å². The Morgan fingerprint density at radius 3 is 2.46 bits per heavy atom. The highest BCUT2D eigenvalue weighted by Crippen LogP contribution is 2.30. The van der Waals surface area contributed by atoms with Crippen molar-refractivity contribution in [2.75, 3.05) is 0 Å². The van der Waals surface area contributed by atoms with E-state index >= 15 is 0 Å². The van der Waals surface area contributed by atoms with Gasteiger partial charge < -0.3 is 5.11 Å². The second kappa shape index (κ2) is 6.65. The fourth-order valence-corrected chi connectivity index (χ4v) is 3.02. The number of carbonyl (C=O) groups is 2. The fraction of sp³-hybridized carbons (Fsp3) is 0.333. The van der Waals surface area contributed by atoms with Crippen molar-refractivity contribution < 1.29 is 14.7 Å². The van der Waals surface area contributed by atoms with Crippen LogP contribution in [0.4, 0.5) is 0 Å². The molecule has 126 valence electrons. The lowest BCUT2D eigenvalue weighted by atomic mass is 9.84. The maximum absolute atomic E-state index is 12.7. The van der Waals surface area contributed by atoms with Crippen LogP contribution in [0, 0.1) is 12.3 Å². The first-order chi connectivity index (χ1) is 11.1. The summed E-state index contributed by atoms with van der Waals surface area (Å²) in [6, 6.07) is 1.57. The zero-order chi connectivity index (χ0) is 18.1. The number of aromatic carboxylic acids is 1. The third-order valence-electron chi connectivity index (χ3n) is 3.52. The lowest BCUT2D eigenvalue weighted by Crippen LogP contribution is -2.22. The molecule has 2 rings (SSSR count). The Bertz CT molecular complexity index is 829. The predicted octanol–water partition coefficient (Wildman–Crippen LogP) is 4.23. The monoisotopic (exact) mass is 344 g/mol. The molecule has 0 fully saturated rings. The van der Waals surface area contributed by atoms with Crippen molar-refractivity contribution in [2.24, 2.45) is 5.41 Å². The average molecular weight is 344 g/mol. The average Bonchev–Trinajstić information content (AvgIpc) is 2.99. The third-order valence-corrected chi connectivity index (χ3v) is 4.48. The second-order valence-electron chi connectivity index (χ2n) is 6.48. The molecule has 24 heavy (non-hydrogen) atoms. The largest absolute Gasteiger partial charge is 0.478 e. The number of thiophene rings is 1. The zero-order valence-corrected chi connectivity index (χ0v) is 15.2. The summed E-state index contributed by atoms with van der Waals surface area (Å²) in [5, 5.41) is 10.6. The minimum Gasteiger partial charge on any atom is -0.478 e. The number of carboxylic acids is 1. The summed E-state index contributed by atoms with van der Waals surface area (Å²) in [6.45, 7) is 9.21. The van der Waals surface area contributed by atoms with E-state index in [1.165, 1.54) is 11.3 Å². The summed E-state index contributed by atoms with van der Waals surface area (Å²) in [5.41, 5.74) is 2.00. The summed E-state index contributed by atoms with van der Waals surface area (Å²) >= 11 is 1.29. The molecule has 6 heteroatoms. The van der Waals surface area contributed by atoms with Crippen molar-refractivity contribution in [3.05, 3.63) is 40.7 Å². The Morgan fingerprint density at radius 1 is 1.29 bits per heavy atom. The van der Waals surface area contributed by atoms with Gasteiger partial charge in [-0.1, -0.05) is 26.8 Å². The number of allylic oxidation sites excluding steroid dienone is 2. The number of rotatable bonds is 4. The molecule has 0 aliphatic carbocycles. The molecular formula is C18H20N2O3S. The second-order valence-corrected chi connectivity index (χ2v) is 7.39. The van der Waals surface area contributed by atoms with E-state index < -0.39 is 11.4 Å². The number of aromatic nitrogens is 2. The van der Waals surface area contributed by atoms with Crippen LogP contribution < -0.4 is 0 Å². The van der Waals surface area contributed by atoms with Gasteiger partial charge in [-0.2, -0.15) is 0 Å². The maximum atomic E-state index is 12.7. The van der Waals surface area contributed by atoms with Crippen LogP contribution in [0.25, 0.3) is 16.1 Å². The van der Waals surface area contributed by atoms with Gasteiger partial charge in [0.15, 0.2) is 5.78 Å². The van der Waals surface area contributed by atoms with Crippen molar-refractivity contribution >= 4 is 28.7 Å². The zero-order valence-electron chi connectivity index (χ0n) is 14.4. The molecule has 0 saturated carbocycles. The Balaban J connectivity index is 2.52. The quantitative estimate of drug-likeness (QED) is 0.840. The molecule has 0 spiro atoms. The lowest BCUT2D eigenvalue weighted by Gasteiger charge is -2.19. The SMILES string of the molecule is C/C=C(/C(=O)C(C)(C)C)c1nc(-c2cc(C(=O)O)cs2)cnc1C. The summed E-state index contributed by atoms with van der Waals surface area (Å²) in [5.74, 6) is -0.980. The van der Waals surface area contributed by atoms with Crippen LogP contribution in [-0.4, -0.2) is 26.8 Å². The first kappa shape index (κ1) is 18.0. The number of carbonyl (C=O) groups excluding carboxylic acids is 1. The molecule has 0 bridgehead atoms. The molecule has 1 N–H and O–H groups in total. The van der Waals surface area contributed by atoms with Crippen molar-refractivity contribution in [3.63, 3.8) is 0 Å². The lowest BCUT2D eigenvalue weighted by molar-refractivity contribution is -0.120. The van der Waals surface area contributed by atoms with E-state index in [1.54, 1.807) is 30.6 Å². The minimum absolute atomic E-state index is 0.00282. The fourth-order valence-electron chi connectivity index (χ4n) is 2.19. The van der Waals surface area contributed by atoms with Crippen LogP contribution in [0.5, 0.6) is 0 Å². The maximum Gasteiger partial charge on any atom is 0.336 e. The Hall–Kier alpha value is -2.34. The molecule has 0 radical (unpaired) electrons. The molecule has 0 aromatic carbocycles. The molecule has 0 unspecified atom stereocenters. The Morgan fingerprint density at radius 2 is 1.96 bits per heavy atom. The van der Waals surface area contributed by atoms with E-state index in [-0.39, 0.29) is 11.3 Å². The van der Waals surface area contributed by atoms with Crippen molar-refractivity contribution in [1.82, 2.24) is 9.97 Å². The number of carboxylic acid groups (broad SMARTS) is 1. The topological polar surface area (TPSA) is 80.2 Å². The van der Waals surface area contributed by atoms with Crippen LogP contribution in [0.3, 0.4) is 0 Å². The first-order valence-electron chi connectivity index (χ1n) is 7.52. The van der Waals surface area contributed by atoms with Crippen molar-refractivity contribution in [1.29, 1.82) is 0 Å². The van der Waals surface area contributed by atoms with Gasteiger partial charge in [0.25, 0.3) is 0 Å². The highest BCUT2D eigenvalue weighted by molar-refractivity contribution is 7.13. The number of hydrogen-bond acceptors (Lipinski definition) is 5. The van der Waals surface area contributed by atoms with Gasteiger partial charge >= 0.3 is 5.97 Å². The predicted molar refractivity (Wildman–Crippen MR) is 95.2 cm³/mol. The number of aryl methyl sites for hydroxylation is 1. The third kappa shape index (κ3) is 3.59. The molecule has 2 aromatic rings. The molecule has 0 amide bonds. The van der Waals surface area contributed by atoms with Crippen LogP contribution >= 0.6 is 11.3 Å². The highest BCUT2D eigenvalue weighted by atomic mass is 32.1. The van der Waals surface area contributed by atoms with Crippen molar-refractivity contribution in [3.8, 4) is 10.6 Å². The number of nitrogens with zero attached hydrogens (tertiary/aromatic N) is 2. The summed E-state index contributed by atoms with van der Waals surface area (Å²) in [4.78, 5) is 33.4. The van der Waals surface area contributed by atoms with Crippen LogP contribution in [-0.2, 0) is 4.79 Å². The number of Topliss-reactive ketones (excluding diaryl/α,β-unsaturated/α-hetero) is 1. The van der Waals surface area contributed by atoms with E-state index in [1.807, 2.05) is 27.7 Å². The molecule has 0 saturated heterocycles. The van der Waals surface area contributed by atoms with Gasteiger partial charge in [-0.05, 0) is 19.9 Å². The number of ketones is 1. The standard InChI is InChI=1S/C18H20N2O3S/c1-6-12(16(21)18(3,4)5)15-10(2)19-8-13(20-15)14-7-11(9-24-14)17(22)23/h6-9H,1-5H3,(H,22,23)/b12-6+. The van der Waals surface area contributed by atoms with E-state index in [4.69, 9.17) is 5.11 Å². The van der Waals surface area contributed by atoms with E-state index in [9.17, 15) is 9.59 Å². The van der Waals surface area contributed by atoms with Gasteiger partial charge in [-0.3, -0.25) is 9.78 Å². The molecule has 0 aliphatic heterocycles. The van der Waals surface area contributed by atoms with Gasteiger partial charge in [0, 0.05) is 16.4 Å². The van der Waals surface area contributed by atoms with Gasteiger partial charge in [-0.25, -0.2) is 9.78 Å². The van der Waals surface area contributed by atoms with Gasteiger partial charge in [0.1, 0.15) is 0 Å². The molecule has 2 aromatic heterocycles. The molecule has 0 aliphatic rings. The van der Waals surface area contributed by atoms with Crippen molar-refractivity contribution in [2.45, 2.75) is 34.6 Å². The molecule has 5 nitrogen and oxygen atoms in total. The minimum atomic E-state index is -0.977. The van der Waals surface area contributed by atoms with E-state index in [0.29, 0.717) is 27.5 Å². The Kier molecular flexibility index (Phi) is 4.99. The van der Waals surface area contributed by atoms with Crippen LogP contribution in [0.1, 0.15) is 49.4 Å². The van der Waals surface area contributed by atoms with Gasteiger partial charge in [0.2, 0.25) is 0 Å². The normalized spacial score (nSPS) is 12.3. The number of hydrogen-bond donors (Lipinski definition) is 1. The summed E-state index contributed by atoms with van der Waals surface area (Å²) in [7, 11) is 0. The summed E-state index contributed by atoms with van der Waals surface area (Å²) in [6.07, 6.45) is 3.36. The van der Waals surface area contributed by atoms with Gasteiger partial charge in [-0.15, -0.1) is 11.3 Å². The molecule has 0 atom stereocenters. The van der Waals surface area contributed by atoms with Crippen LogP contribution in [0.15, 0.2) is 23.7 Å². The van der Waals surface area contributed by atoms with Gasteiger partial charge in [0.05, 0.1) is 33.7 Å². The summed E-state index contributed by atoms with van der Waals surface area (Å²) < 4.78 is 0. The van der Waals surface area contributed by atoms with Crippen LogP contribution in [0.2, 0.25) is 0 Å². The van der Waals surface area contributed by atoms with E-state index in [0.717, 1.165) is 0 Å². The molecular weight excluding hydrogens is 324 g/mol. The first-order valence-corrected chi connectivity index (χ1v) is 8.40.